The Morgan fingerprint density at radius 1 is 1.11 bits per heavy atom. The minimum Gasteiger partial charge on any atom is -0.457 e. The number of furan rings is 1. The summed E-state index contributed by atoms with van der Waals surface area (Å²) < 4.78 is 44.3. The lowest BCUT2D eigenvalue weighted by molar-refractivity contribution is -0.137. The number of carbonyl (C=O) groups excluding carboxylic acids is 1. The van der Waals surface area contributed by atoms with Gasteiger partial charge in [0.25, 0.3) is 5.91 Å². The number of amides is 1. The van der Waals surface area contributed by atoms with Gasteiger partial charge in [0.2, 0.25) is 0 Å². The van der Waals surface area contributed by atoms with E-state index in [9.17, 15) is 18.0 Å². The van der Waals surface area contributed by atoms with Gasteiger partial charge in [0.15, 0.2) is 5.17 Å². The van der Waals surface area contributed by atoms with Gasteiger partial charge in [-0.05, 0) is 55.3 Å². The van der Waals surface area contributed by atoms with Gasteiger partial charge in [0.05, 0.1) is 10.5 Å². The molecule has 146 valence electrons. The molecule has 3 heterocycles. The number of nitrogens with zero attached hydrogens (tertiary/aromatic N) is 2. The van der Waals surface area contributed by atoms with Crippen molar-refractivity contribution >= 4 is 28.9 Å². The number of aliphatic imine (C=N–C) groups is 1. The van der Waals surface area contributed by atoms with Gasteiger partial charge in [0, 0.05) is 24.7 Å². The molecule has 0 aliphatic carbocycles. The zero-order valence-corrected chi connectivity index (χ0v) is 15.6. The maximum atomic E-state index is 12.9. The molecule has 0 spiro atoms. The molecule has 1 saturated heterocycles. The molecule has 1 aromatic carbocycles. The van der Waals surface area contributed by atoms with Crippen LogP contribution in [0.4, 0.5) is 13.2 Å². The molecule has 0 saturated carbocycles. The van der Waals surface area contributed by atoms with Crippen LogP contribution in [0.15, 0.2) is 50.7 Å². The van der Waals surface area contributed by atoms with Crippen LogP contribution in [0.5, 0.6) is 0 Å². The average molecular weight is 406 g/mol. The molecule has 28 heavy (non-hydrogen) atoms. The van der Waals surface area contributed by atoms with Crippen LogP contribution in [-0.2, 0) is 11.0 Å². The summed E-state index contributed by atoms with van der Waals surface area (Å²) in [4.78, 5) is 18.9. The van der Waals surface area contributed by atoms with E-state index in [1.54, 1.807) is 24.3 Å². The first-order valence-electron chi connectivity index (χ1n) is 8.95. The Morgan fingerprint density at radius 3 is 2.64 bits per heavy atom. The molecule has 1 amide bonds. The Balaban J connectivity index is 1.52. The Bertz CT molecular complexity index is 956. The molecule has 8 heteroatoms. The predicted molar refractivity (Wildman–Crippen MR) is 103 cm³/mol. The van der Waals surface area contributed by atoms with Crippen LogP contribution in [-0.4, -0.2) is 29.1 Å². The fourth-order valence-corrected chi connectivity index (χ4v) is 4.13. The molecule has 0 unspecified atom stereocenters. The summed E-state index contributed by atoms with van der Waals surface area (Å²) in [5.74, 6) is 0.395. The molecule has 0 atom stereocenters. The number of hydrogen-bond donors (Lipinski definition) is 0. The highest BCUT2D eigenvalue weighted by Crippen LogP contribution is 2.34. The van der Waals surface area contributed by atoms with Gasteiger partial charge in [-0.3, -0.25) is 4.79 Å². The largest absolute Gasteiger partial charge is 0.457 e. The Kier molecular flexibility index (Phi) is 5.05. The van der Waals surface area contributed by atoms with Crippen molar-refractivity contribution in [2.45, 2.75) is 25.4 Å². The first-order chi connectivity index (χ1) is 13.4. The van der Waals surface area contributed by atoms with Gasteiger partial charge >= 0.3 is 6.18 Å². The minimum absolute atomic E-state index is 0.311. The zero-order chi connectivity index (χ0) is 19.7. The van der Waals surface area contributed by atoms with Crippen molar-refractivity contribution in [3.8, 4) is 11.3 Å². The number of piperidine rings is 1. The van der Waals surface area contributed by atoms with Gasteiger partial charge in [-0.25, -0.2) is 0 Å². The molecule has 2 aromatic rings. The fourth-order valence-electron chi connectivity index (χ4n) is 3.18. The third kappa shape index (κ3) is 4.01. The summed E-state index contributed by atoms with van der Waals surface area (Å²) in [7, 11) is 0. The van der Waals surface area contributed by atoms with Crippen molar-refractivity contribution in [2.24, 2.45) is 4.99 Å². The maximum Gasteiger partial charge on any atom is 0.416 e. The van der Waals surface area contributed by atoms with Gasteiger partial charge < -0.3 is 9.32 Å². The van der Waals surface area contributed by atoms with Crippen molar-refractivity contribution in [1.29, 1.82) is 0 Å². The lowest BCUT2D eigenvalue weighted by Crippen LogP contribution is -2.33. The molecule has 4 rings (SSSR count). The molecule has 4 nitrogen and oxygen atoms in total. The number of likely N-dealkylation sites (tertiary alicyclic amines) is 1. The highest BCUT2D eigenvalue weighted by Gasteiger charge is 2.31. The molecule has 1 aromatic heterocycles. The first-order valence-corrected chi connectivity index (χ1v) is 9.77. The van der Waals surface area contributed by atoms with Gasteiger partial charge in [0.1, 0.15) is 11.5 Å². The van der Waals surface area contributed by atoms with E-state index in [1.165, 1.54) is 24.2 Å². The van der Waals surface area contributed by atoms with Crippen LogP contribution in [0.1, 0.15) is 30.6 Å². The van der Waals surface area contributed by atoms with Crippen LogP contribution < -0.4 is 0 Å². The van der Waals surface area contributed by atoms with Crippen LogP contribution in [0, 0.1) is 0 Å². The molecule has 2 aliphatic heterocycles. The van der Waals surface area contributed by atoms with E-state index in [-0.39, 0.29) is 5.91 Å². The number of amidine groups is 1. The quantitative estimate of drug-likeness (QED) is 0.625. The summed E-state index contributed by atoms with van der Waals surface area (Å²) in [6.45, 7) is 1.79. The number of rotatable bonds is 2. The standard InChI is InChI=1S/C20H17F3N2O2S/c21-20(22,23)14-6-4-5-13(11-14)16-8-7-15(27-16)12-17-18(26)24-19(28-17)25-9-2-1-3-10-25/h4-8,11-12H,1-3,9-10H2/b17-12-. The molecule has 0 N–H and O–H groups in total. The normalized spacial score (nSPS) is 19.4. The van der Waals surface area contributed by atoms with Crippen molar-refractivity contribution in [2.75, 3.05) is 13.1 Å². The van der Waals surface area contributed by atoms with E-state index in [0.717, 1.165) is 38.1 Å². The van der Waals surface area contributed by atoms with E-state index >= 15 is 0 Å². The Hall–Kier alpha value is -2.48. The summed E-state index contributed by atoms with van der Waals surface area (Å²) in [5, 5.41) is 0.709. The second kappa shape index (κ2) is 7.50. The summed E-state index contributed by atoms with van der Waals surface area (Å²) >= 11 is 1.31. The zero-order valence-electron chi connectivity index (χ0n) is 14.8. The molecular weight excluding hydrogens is 389 g/mol. The van der Waals surface area contributed by atoms with E-state index in [0.29, 0.717) is 27.2 Å². The fraction of sp³-hybridized carbons (Fsp3) is 0.300. The summed E-state index contributed by atoms with van der Waals surface area (Å²) in [6, 6.07) is 8.19. The van der Waals surface area contributed by atoms with Crippen LogP contribution in [0.25, 0.3) is 17.4 Å². The van der Waals surface area contributed by atoms with Gasteiger partial charge in [-0.2, -0.15) is 18.2 Å². The third-order valence-corrected chi connectivity index (χ3v) is 5.65. The van der Waals surface area contributed by atoms with Crippen LogP contribution in [0.3, 0.4) is 0 Å². The minimum atomic E-state index is -4.41. The van der Waals surface area contributed by atoms with Crippen molar-refractivity contribution < 1.29 is 22.4 Å². The van der Waals surface area contributed by atoms with Gasteiger partial charge in [-0.15, -0.1) is 0 Å². The monoisotopic (exact) mass is 406 g/mol. The van der Waals surface area contributed by atoms with Gasteiger partial charge in [-0.1, -0.05) is 12.1 Å². The SMILES string of the molecule is O=C1N=C(N2CCCCC2)S/C1=C\c1ccc(-c2cccc(C(F)(F)F)c2)o1. The molecule has 1 fully saturated rings. The second-order valence-corrected chi connectivity index (χ2v) is 7.65. The molecule has 2 aliphatic rings. The highest BCUT2D eigenvalue weighted by atomic mass is 32.2. The average Bonchev–Trinajstić information content (AvgIpc) is 3.29. The summed E-state index contributed by atoms with van der Waals surface area (Å²) in [5.41, 5.74) is -0.405. The number of alkyl halides is 3. The highest BCUT2D eigenvalue weighted by molar-refractivity contribution is 8.18. The number of hydrogen-bond acceptors (Lipinski definition) is 4. The van der Waals surface area contributed by atoms with E-state index in [4.69, 9.17) is 4.42 Å². The van der Waals surface area contributed by atoms with Crippen LogP contribution >= 0.6 is 11.8 Å². The third-order valence-electron chi connectivity index (χ3n) is 4.61. The number of halogens is 3. The first kappa shape index (κ1) is 18.9. The predicted octanol–water partition coefficient (Wildman–Crippen LogP) is 5.42. The smallest absolute Gasteiger partial charge is 0.416 e. The second-order valence-electron chi connectivity index (χ2n) is 6.64. The topological polar surface area (TPSA) is 45.8 Å². The van der Waals surface area contributed by atoms with Crippen molar-refractivity contribution in [3.63, 3.8) is 0 Å². The van der Waals surface area contributed by atoms with Crippen molar-refractivity contribution in [1.82, 2.24) is 4.90 Å². The molecule has 0 radical (unpaired) electrons. The van der Waals surface area contributed by atoms with E-state index < -0.39 is 11.7 Å². The Morgan fingerprint density at radius 2 is 1.89 bits per heavy atom. The van der Waals surface area contributed by atoms with Crippen LogP contribution in [0.2, 0.25) is 0 Å². The lowest BCUT2D eigenvalue weighted by Gasteiger charge is -2.27. The number of benzene rings is 1. The number of thioether (sulfide) groups is 1. The Labute approximate surface area is 164 Å². The summed E-state index contributed by atoms with van der Waals surface area (Å²) in [6.07, 6.45) is 0.541. The van der Waals surface area contributed by atoms with E-state index in [2.05, 4.69) is 9.89 Å². The molecular formula is C20H17F3N2O2S. The number of carbonyl (C=O) groups is 1. The van der Waals surface area contributed by atoms with Crippen molar-refractivity contribution in [3.05, 3.63) is 52.6 Å². The maximum absolute atomic E-state index is 12.9. The molecule has 0 bridgehead atoms. The lowest BCUT2D eigenvalue weighted by atomic mass is 10.1. The van der Waals surface area contributed by atoms with E-state index in [1.807, 2.05) is 0 Å².